The lowest BCUT2D eigenvalue weighted by molar-refractivity contribution is 0.195. The van der Waals surface area contributed by atoms with Crippen LogP contribution in [-0.2, 0) is 27.1 Å². The predicted molar refractivity (Wildman–Crippen MR) is 333 cm³/mol. The molecule has 5 heterocycles. The van der Waals surface area contributed by atoms with E-state index in [0.717, 1.165) is 81.7 Å². The van der Waals surface area contributed by atoms with Crippen molar-refractivity contribution in [3.05, 3.63) is 173 Å². The predicted octanol–water partition coefficient (Wildman–Crippen LogP) is 18.3. The summed E-state index contributed by atoms with van der Waals surface area (Å²) in [4.78, 5) is 8.23. The second kappa shape index (κ2) is 15.6. The number of furan rings is 2. The molecule has 2 atom stereocenters. The van der Waals surface area contributed by atoms with Gasteiger partial charge in [-0.2, -0.15) is 0 Å². The number of benzene rings is 8. The normalized spacial score (nSPS) is 22.6. The topological polar surface area (TPSA) is 36.0 Å². The molecule has 8 aromatic carbocycles. The molecule has 1 fully saturated rings. The molecule has 0 spiro atoms. The van der Waals surface area contributed by atoms with Crippen LogP contribution in [0.25, 0.3) is 43.9 Å². The maximum absolute atomic E-state index is 7.40. The molecule has 16 rings (SSSR count). The number of hydrogen-bond donors (Lipinski definition) is 0. The van der Waals surface area contributed by atoms with Crippen molar-refractivity contribution in [2.75, 3.05) is 14.7 Å². The average Bonchev–Trinajstić information content (AvgIpc) is 2.86. The van der Waals surface area contributed by atoms with Crippen LogP contribution in [0.3, 0.4) is 0 Å². The van der Waals surface area contributed by atoms with E-state index in [0.29, 0.717) is 0 Å². The summed E-state index contributed by atoms with van der Waals surface area (Å²) in [5.74, 6) is 0. The lowest BCUT2D eigenvalue weighted by Crippen LogP contribution is -2.62. The molecule has 3 aliphatic heterocycles. The second-order valence-corrected chi connectivity index (χ2v) is 28.1. The van der Waals surface area contributed by atoms with E-state index in [-0.39, 0.29) is 39.3 Å². The van der Waals surface area contributed by atoms with E-state index in [9.17, 15) is 0 Å². The molecule has 2 aromatic heterocycles. The van der Waals surface area contributed by atoms with Crippen molar-refractivity contribution >= 4 is 112 Å². The first-order valence-electron chi connectivity index (χ1n) is 29.7. The van der Waals surface area contributed by atoms with Gasteiger partial charge in [0.05, 0.1) is 16.6 Å². The zero-order valence-electron chi connectivity index (χ0n) is 48.2. The van der Waals surface area contributed by atoms with Crippen LogP contribution in [0.2, 0.25) is 0 Å². The van der Waals surface area contributed by atoms with E-state index in [1.54, 1.807) is 0 Å². The van der Waals surface area contributed by atoms with Gasteiger partial charge in [-0.1, -0.05) is 148 Å². The summed E-state index contributed by atoms with van der Waals surface area (Å²) in [6.45, 7) is 27.2. The average molecular weight is 1030 g/mol. The van der Waals surface area contributed by atoms with Crippen LogP contribution in [0.4, 0.5) is 45.5 Å². The third-order valence-corrected chi connectivity index (χ3v) is 21.8. The number of anilines is 8. The van der Waals surface area contributed by atoms with E-state index in [2.05, 4.69) is 230 Å². The molecule has 1 saturated carbocycles. The maximum atomic E-state index is 7.40. The summed E-state index contributed by atoms with van der Waals surface area (Å²) in [7, 11) is 0. The number of rotatable bonds is 3. The van der Waals surface area contributed by atoms with Crippen molar-refractivity contribution in [1.82, 2.24) is 0 Å². The van der Waals surface area contributed by atoms with Gasteiger partial charge in [0.1, 0.15) is 22.3 Å². The highest BCUT2D eigenvalue weighted by Crippen LogP contribution is 2.63. The summed E-state index contributed by atoms with van der Waals surface area (Å²) in [5.41, 5.74) is 25.8. The SMILES string of the molecule is Cc1cc2c(cc1N1c3cc(N4c5ccccc5C5(C)CCCCC45C)cc4c3B(c3cc5c(cc3N4c3cccc4oc6ccccc6c34)C(C)(C)CCC5(C)C)c3c1ccc1c3oc3ccccc31)C(C)(C)CCC2(C)C. The lowest BCUT2D eigenvalue weighted by Gasteiger charge is -2.51. The summed E-state index contributed by atoms with van der Waals surface area (Å²) in [6.07, 6.45) is 9.28. The molecular formula is C73H72BN3O2. The minimum atomic E-state index is -0.169. The van der Waals surface area contributed by atoms with E-state index in [4.69, 9.17) is 8.83 Å². The third-order valence-electron chi connectivity index (χ3n) is 21.8. The molecule has 2 unspecified atom stereocenters. The number of nitrogens with zero attached hydrogens (tertiary/aromatic N) is 3. The van der Waals surface area contributed by atoms with Crippen LogP contribution in [0.15, 0.2) is 148 Å². The van der Waals surface area contributed by atoms with Crippen LogP contribution in [0.5, 0.6) is 0 Å². The van der Waals surface area contributed by atoms with Gasteiger partial charge in [0.2, 0.25) is 0 Å². The van der Waals surface area contributed by atoms with E-state index in [1.165, 1.54) is 109 Å². The van der Waals surface area contributed by atoms with Crippen LogP contribution in [0, 0.1) is 6.92 Å². The zero-order valence-corrected chi connectivity index (χ0v) is 48.2. The van der Waals surface area contributed by atoms with Crippen molar-refractivity contribution in [2.24, 2.45) is 0 Å². The molecule has 6 aliphatic rings. The third kappa shape index (κ3) is 6.19. The Labute approximate surface area is 466 Å². The summed E-state index contributed by atoms with van der Waals surface area (Å²) >= 11 is 0. The molecular weight excluding hydrogens is 962 g/mol. The maximum Gasteiger partial charge on any atom is 0.257 e. The molecule has 0 radical (unpaired) electrons. The molecule has 3 aliphatic carbocycles. The Bertz CT molecular complexity index is 4320. The molecule has 0 saturated heterocycles. The molecule has 10 aromatic rings. The van der Waals surface area contributed by atoms with Gasteiger partial charge in [-0.05, 0) is 191 Å². The quantitative estimate of drug-likeness (QED) is 0.165. The molecule has 79 heavy (non-hydrogen) atoms. The molecule has 5 nitrogen and oxygen atoms in total. The van der Waals surface area contributed by atoms with Crippen molar-refractivity contribution < 1.29 is 8.83 Å². The minimum Gasteiger partial charge on any atom is -0.457 e. The Morgan fingerprint density at radius 2 is 0.962 bits per heavy atom. The Morgan fingerprint density at radius 3 is 1.67 bits per heavy atom. The standard InChI is InChI=1S/C73H72BN3O2/c1-43-37-49-51(70(6,7)35-33-68(49,2)3)41-57(43)76-56-30-29-46-45-21-12-16-26-61(45)79-67(46)66(56)74-53-40-50-52(71(8,9)36-34-69(50,4)5)42-58(53)75(55-25-20-28-63-64(55)47-22-13-17-27-62(47)78-63)59-38-44(39-60(76)65(59)74)77-54-24-15-14-23-48(54)72(10)31-18-19-32-73(72,77)11/h12-17,20-30,37-42H,18-19,31-36H2,1-11H3. The first kappa shape index (κ1) is 47.8. The second-order valence-electron chi connectivity index (χ2n) is 28.1. The van der Waals surface area contributed by atoms with Gasteiger partial charge in [-0.15, -0.1) is 0 Å². The first-order valence-corrected chi connectivity index (χ1v) is 29.7. The number of hydrogen-bond acceptors (Lipinski definition) is 5. The van der Waals surface area contributed by atoms with Gasteiger partial charge in [0.25, 0.3) is 6.71 Å². The number of para-hydroxylation sites is 3. The fraction of sp³-hybridized carbons (Fsp3) is 0.342. The van der Waals surface area contributed by atoms with Crippen molar-refractivity contribution in [1.29, 1.82) is 0 Å². The Balaban J connectivity index is 1.10. The molecule has 0 amide bonds. The largest absolute Gasteiger partial charge is 0.457 e. The minimum absolute atomic E-state index is 0.000819. The van der Waals surface area contributed by atoms with Crippen LogP contribution < -0.4 is 31.1 Å². The van der Waals surface area contributed by atoms with Crippen LogP contribution >= 0.6 is 0 Å². The van der Waals surface area contributed by atoms with Crippen molar-refractivity contribution in [2.45, 2.75) is 160 Å². The monoisotopic (exact) mass is 1030 g/mol. The van der Waals surface area contributed by atoms with Gasteiger partial charge in [-0.3, -0.25) is 0 Å². The Morgan fingerprint density at radius 1 is 0.405 bits per heavy atom. The smallest absolute Gasteiger partial charge is 0.257 e. The van der Waals surface area contributed by atoms with Gasteiger partial charge in [0.15, 0.2) is 0 Å². The highest BCUT2D eigenvalue weighted by atomic mass is 16.3. The van der Waals surface area contributed by atoms with Gasteiger partial charge >= 0.3 is 0 Å². The number of aryl methyl sites for hydroxylation is 1. The van der Waals surface area contributed by atoms with Crippen LogP contribution in [0.1, 0.15) is 154 Å². The Kier molecular flexibility index (Phi) is 9.43. The lowest BCUT2D eigenvalue weighted by atomic mass is 9.33. The zero-order chi connectivity index (χ0) is 54.1. The highest BCUT2D eigenvalue weighted by Gasteiger charge is 2.58. The van der Waals surface area contributed by atoms with Crippen molar-refractivity contribution in [3.63, 3.8) is 0 Å². The van der Waals surface area contributed by atoms with E-state index >= 15 is 0 Å². The molecule has 0 bridgehead atoms. The first-order chi connectivity index (χ1) is 37.8. The summed E-state index contributed by atoms with van der Waals surface area (Å²) in [5, 5.41) is 4.59. The van der Waals surface area contributed by atoms with E-state index < -0.39 is 0 Å². The van der Waals surface area contributed by atoms with E-state index in [1.807, 2.05) is 0 Å². The summed E-state index contributed by atoms with van der Waals surface area (Å²) < 4.78 is 14.3. The van der Waals surface area contributed by atoms with Crippen LogP contribution in [-0.4, -0.2) is 12.3 Å². The fourth-order valence-corrected chi connectivity index (χ4v) is 16.9. The van der Waals surface area contributed by atoms with Gasteiger partial charge < -0.3 is 23.5 Å². The molecule has 0 N–H and O–H groups in total. The number of fused-ring (bicyclic) bond motifs is 16. The highest BCUT2D eigenvalue weighted by molar-refractivity contribution is 7.01. The fourth-order valence-electron chi connectivity index (χ4n) is 16.9. The molecule has 6 heteroatoms. The van der Waals surface area contributed by atoms with Gasteiger partial charge in [-0.25, -0.2) is 0 Å². The molecule has 394 valence electrons. The Hall–Kier alpha value is -7.18. The summed E-state index contributed by atoms with van der Waals surface area (Å²) in [6, 6.07) is 54.1. The van der Waals surface area contributed by atoms with Gasteiger partial charge in [0, 0.05) is 61.4 Å². The van der Waals surface area contributed by atoms with Crippen molar-refractivity contribution in [3.8, 4) is 0 Å².